The van der Waals surface area contributed by atoms with Crippen molar-refractivity contribution in [1.29, 1.82) is 0 Å². The highest BCUT2D eigenvalue weighted by molar-refractivity contribution is 7.14. The summed E-state index contributed by atoms with van der Waals surface area (Å²) < 4.78 is 0. The lowest BCUT2D eigenvalue weighted by Gasteiger charge is -2.61. The third kappa shape index (κ3) is 3.35. The lowest BCUT2D eigenvalue weighted by molar-refractivity contribution is -0.148. The van der Waals surface area contributed by atoms with Gasteiger partial charge in [0.25, 0.3) is 0 Å². The number of rotatable bonds is 4. The largest absolute Gasteiger partial charge is 0.351 e. The summed E-state index contributed by atoms with van der Waals surface area (Å²) in [5, 5.41) is 9.08. The molecule has 2 aromatic rings. The van der Waals surface area contributed by atoms with E-state index in [-0.39, 0.29) is 22.8 Å². The highest BCUT2D eigenvalue weighted by Crippen LogP contribution is 2.62. The molecule has 4 saturated carbocycles. The van der Waals surface area contributed by atoms with Gasteiger partial charge in [-0.2, -0.15) is 0 Å². The van der Waals surface area contributed by atoms with Crippen LogP contribution in [0, 0.1) is 31.1 Å². The summed E-state index contributed by atoms with van der Waals surface area (Å²) in [6.07, 6.45) is 5.87. The van der Waals surface area contributed by atoms with Crippen LogP contribution in [0.1, 0.15) is 56.6 Å². The molecule has 30 heavy (non-hydrogen) atoms. The number of amides is 2. The maximum atomic E-state index is 13.5. The van der Waals surface area contributed by atoms with Crippen molar-refractivity contribution < 1.29 is 9.59 Å². The molecule has 1 aromatic carbocycles. The summed E-state index contributed by atoms with van der Waals surface area (Å²) in [4.78, 5) is 30.1. The molecule has 0 radical (unpaired) electrons. The second-order valence-corrected chi connectivity index (χ2v) is 10.9. The van der Waals surface area contributed by atoms with Gasteiger partial charge in [-0.25, -0.2) is 4.98 Å². The molecule has 4 fully saturated rings. The van der Waals surface area contributed by atoms with Gasteiger partial charge >= 0.3 is 0 Å². The van der Waals surface area contributed by atoms with E-state index in [0.717, 1.165) is 43.4 Å². The molecule has 6 heteroatoms. The number of benzene rings is 1. The van der Waals surface area contributed by atoms with Crippen LogP contribution in [0.4, 0.5) is 5.13 Å². The average Bonchev–Trinajstić information content (AvgIpc) is 3.09. The summed E-state index contributed by atoms with van der Waals surface area (Å²) in [6.45, 7) is 5.76. The van der Waals surface area contributed by atoms with Crippen molar-refractivity contribution in [2.45, 2.75) is 64.8 Å². The Bertz CT molecular complexity index is 1010. The number of nitrogens with one attached hydrogen (secondary N) is 2. The lowest BCUT2D eigenvalue weighted by atomic mass is 9.46. The molecule has 4 bridgehead atoms. The van der Waals surface area contributed by atoms with E-state index >= 15 is 0 Å². The first-order valence-corrected chi connectivity index (χ1v) is 11.8. The molecule has 6 rings (SSSR count). The molecule has 158 valence electrons. The number of nitrogens with zero attached hydrogens (tertiary/aromatic N) is 1. The highest BCUT2D eigenvalue weighted by Gasteiger charge is 2.60. The normalized spacial score (nSPS) is 31.6. The molecule has 4 aliphatic rings. The van der Waals surface area contributed by atoms with Crippen LogP contribution in [0.25, 0.3) is 11.3 Å². The van der Waals surface area contributed by atoms with Gasteiger partial charge in [-0.3, -0.25) is 9.59 Å². The summed E-state index contributed by atoms with van der Waals surface area (Å²) in [5.41, 5.74) is 3.84. The van der Waals surface area contributed by atoms with E-state index in [1.807, 2.05) is 5.38 Å². The SMILES string of the molecule is CC(=O)NC12C[C@H]3C[C@@H](C1)CC(C(=O)Nc1nc(-c4cc(C)ccc4C)cs1)(C3)C2. The van der Waals surface area contributed by atoms with Gasteiger partial charge in [-0.1, -0.05) is 17.7 Å². The maximum Gasteiger partial charge on any atom is 0.232 e. The highest BCUT2D eigenvalue weighted by atomic mass is 32.1. The number of aryl methyl sites for hydroxylation is 2. The van der Waals surface area contributed by atoms with Crippen LogP contribution in [0.2, 0.25) is 0 Å². The Hall–Kier alpha value is -2.21. The van der Waals surface area contributed by atoms with Gasteiger partial charge < -0.3 is 10.6 Å². The zero-order valence-corrected chi connectivity index (χ0v) is 18.7. The van der Waals surface area contributed by atoms with Gasteiger partial charge in [0.1, 0.15) is 0 Å². The van der Waals surface area contributed by atoms with E-state index in [2.05, 4.69) is 42.7 Å². The Balaban J connectivity index is 1.38. The van der Waals surface area contributed by atoms with Crippen molar-refractivity contribution in [3.63, 3.8) is 0 Å². The molecule has 2 N–H and O–H groups in total. The molecule has 1 aromatic heterocycles. The molecular formula is C24H29N3O2S. The fourth-order valence-electron chi connectivity index (χ4n) is 6.74. The van der Waals surface area contributed by atoms with Crippen molar-refractivity contribution in [2.75, 3.05) is 5.32 Å². The summed E-state index contributed by atoms with van der Waals surface area (Å²) in [7, 11) is 0. The fourth-order valence-corrected chi connectivity index (χ4v) is 7.45. The average molecular weight is 424 g/mol. The van der Waals surface area contributed by atoms with E-state index < -0.39 is 0 Å². The van der Waals surface area contributed by atoms with E-state index in [1.54, 1.807) is 6.92 Å². The third-order valence-corrected chi connectivity index (χ3v) is 8.14. The van der Waals surface area contributed by atoms with Crippen LogP contribution in [0.5, 0.6) is 0 Å². The second-order valence-electron chi connectivity index (χ2n) is 10.0. The molecule has 4 aliphatic carbocycles. The van der Waals surface area contributed by atoms with E-state index in [9.17, 15) is 9.59 Å². The van der Waals surface area contributed by atoms with Gasteiger partial charge in [-0.05, 0) is 75.8 Å². The van der Waals surface area contributed by atoms with Crippen LogP contribution in [-0.2, 0) is 9.59 Å². The number of hydrogen-bond donors (Lipinski definition) is 2. The third-order valence-electron chi connectivity index (χ3n) is 7.38. The number of anilines is 1. The zero-order valence-electron chi connectivity index (χ0n) is 17.9. The van der Waals surface area contributed by atoms with Crippen LogP contribution in [-0.4, -0.2) is 22.3 Å². The van der Waals surface area contributed by atoms with Gasteiger partial charge in [0.2, 0.25) is 11.8 Å². The number of hydrogen-bond acceptors (Lipinski definition) is 4. The molecule has 2 amide bonds. The zero-order chi connectivity index (χ0) is 21.1. The molecular weight excluding hydrogens is 394 g/mol. The maximum absolute atomic E-state index is 13.5. The molecule has 0 saturated heterocycles. The number of aromatic nitrogens is 1. The summed E-state index contributed by atoms with van der Waals surface area (Å²) >= 11 is 1.49. The second kappa shape index (κ2) is 6.91. The quantitative estimate of drug-likeness (QED) is 0.739. The van der Waals surface area contributed by atoms with E-state index in [1.165, 1.54) is 28.9 Å². The predicted molar refractivity (Wildman–Crippen MR) is 119 cm³/mol. The van der Waals surface area contributed by atoms with Crippen molar-refractivity contribution in [3.05, 3.63) is 34.7 Å². The summed E-state index contributed by atoms with van der Waals surface area (Å²) in [5.74, 6) is 1.18. The first kappa shape index (κ1) is 19.7. The van der Waals surface area contributed by atoms with Crippen LogP contribution >= 0.6 is 11.3 Å². The Kier molecular flexibility index (Phi) is 4.54. The van der Waals surface area contributed by atoms with Gasteiger partial charge in [0.15, 0.2) is 5.13 Å². The topological polar surface area (TPSA) is 71.1 Å². The van der Waals surface area contributed by atoms with E-state index in [0.29, 0.717) is 17.0 Å². The van der Waals surface area contributed by atoms with Gasteiger partial charge in [0.05, 0.1) is 11.1 Å². The smallest absolute Gasteiger partial charge is 0.232 e. The lowest BCUT2D eigenvalue weighted by Crippen LogP contribution is -2.65. The Morgan fingerprint density at radius 2 is 1.87 bits per heavy atom. The Morgan fingerprint density at radius 1 is 1.13 bits per heavy atom. The van der Waals surface area contributed by atoms with Crippen molar-refractivity contribution >= 4 is 28.3 Å². The first-order chi connectivity index (χ1) is 14.3. The van der Waals surface area contributed by atoms with Crippen molar-refractivity contribution in [3.8, 4) is 11.3 Å². The standard InChI is InChI=1S/C24H29N3O2S/c1-14-4-5-15(2)19(6-14)20-12-30-22(25-20)26-21(29)23-8-17-7-18(9-23)11-24(10-17,13-23)27-16(3)28/h4-6,12,17-18H,7-11,13H2,1-3H3,(H,27,28)(H,25,26,29)/t17-,18+,23?,24?. The molecule has 0 spiro atoms. The molecule has 4 atom stereocenters. The first-order valence-electron chi connectivity index (χ1n) is 10.9. The fraction of sp³-hybridized carbons (Fsp3) is 0.542. The van der Waals surface area contributed by atoms with E-state index in [4.69, 9.17) is 4.98 Å². The van der Waals surface area contributed by atoms with Crippen LogP contribution in [0.15, 0.2) is 23.6 Å². The van der Waals surface area contributed by atoms with Crippen LogP contribution in [0.3, 0.4) is 0 Å². The number of thiazole rings is 1. The van der Waals surface area contributed by atoms with Crippen molar-refractivity contribution in [2.24, 2.45) is 17.3 Å². The molecule has 1 heterocycles. The molecule has 5 nitrogen and oxygen atoms in total. The van der Waals surface area contributed by atoms with Gasteiger partial charge in [-0.15, -0.1) is 11.3 Å². The minimum Gasteiger partial charge on any atom is -0.351 e. The van der Waals surface area contributed by atoms with Gasteiger partial charge in [0, 0.05) is 23.4 Å². The molecule has 0 aliphatic heterocycles. The Morgan fingerprint density at radius 3 is 2.57 bits per heavy atom. The minimum absolute atomic E-state index is 0.0191. The van der Waals surface area contributed by atoms with Crippen molar-refractivity contribution in [1.82, 2.24) is 10.3 Å². The van der Waals surface area contributed by atoms with Crippen LogP contribution < -0.4 is 10.6 Å². The summed E-state index contributed by atoms with van der Waals surface area (Å²) in [6, 6.07) is 6.36. The molecule has 2 unspecified atom stereocenters. The number of carbonyl (C=O) groups is 2. The minimum atomic E-state index is -0.377. The monoisotopic (exact) mass is 423 g/mol. The predicted octanol–water partition coefficient (Wildman–Crippen LogP) is 4.84. The Labute approximate surface area is 181 Å². The number of carbonyl (C=O) groups excluding carboxylic acids is 2.